The van der Waals surface area contributed by atoms with Gasteiger partial charge in [-0.15, -0.1) is 0 Å². The smallest absolute Gasteiger partial charge is 0.217 e. The van der Waals surface area contributed by atoms with Gasteiger partial charge in [-0.3, -0.25) is 4.79 Å². The number of amides is 1. The van der Waals surface area contributed by atoms with Gasteiger partial charge in [-0.25, -0.2) is 0 Å². The third-order valence-corrected chi connectivity index (χ3v) is 3.33. The zero-order valence-corrected chi connectivity index (χ0v) is 12.1. The van der Waals surface area contributed by atoms with Crippen molar-refractivity contribution < 1.29 is 44.9 Å². The topological polar surface area (TPSA) is 169 Å². The number of hydrogen-bond donors (Lipinski definition) is 7. The summed E-state index contributed by atoms with van der Waals surface area (Å²) in [6, 6.07) is -0.963. The van der Waals surface area contributed by atoms with E-state index in [9.17, 15) is 25.2 Å². The van der Waals surface area contributed by atoms with Crippen LogP contribution >= 0.6 is 0 Å². The predicted octanol–water partition coefficient (Wildman–Crippen LogP) is -4.34. The van der Waals surface area contributed by atoms with Crippen molar-refractivity contribution in [3.63, 3.8) is 0 Å². The monoisotopic (exact) mass is 325 g/mol. The van der Waals surface area contributed by atoms with Crippen LogP contribution in [0.4, 0.5) is 0 Å². The Labute approximate surface area is 126 Å². The highest BCUT2D eigenvalue weighted by Gasteiger charge is 2.44. The van der Waals surface area contributed by atoms with Crippen molar-refractivity contribution in [3.8, 4) is 0 Å². The molecule has 0 saturated carbocycles. The van der Waals surface area contributed by atoms with Crippen molar-refractivity contribution in [1.82, 2.24) is 5.32 Å². The summed E-state index contributed by atoms with van der Waals surface area (Å²) in [7, 11) is 0. The van der Waals surface area contributed by atoms with Gasteiger partial charge in [0.05, 0.1) is 32.0 Å². The number of carbonyl (C=O) groups excluding carboxylic acids is 1. The zero-order chi connectivity index (χ0) is 16.9. The Morgan fingerprint density at radius 1 is 1.23 bits per heavy atom. The molecule has 1 amide bonds. The minimum Gasteiger partial charge on any atom is -0.394 e. The summed E-state index contributed by atoms with van der Waals surface area (Å²) in [5.41, 5.74) is 0. The summed E-state index contributed by atoms with van der Waals surface area (Å²) in [6.07, 6.45) is -8.47. The van der Waals surface area contributed by atoms with E-state index in [4.69, 9.17) is 19.7 Å². The van der Waals surface area contributed by atoms with Crippen LogP contribution in [-0.4, -0.2) is 99.2 Å². The predicted molar refractivity (Wildman–Crippen MR) is 70.4 cm³/mol. The molecule has 1 saturated heterocycles. The Morgan fingerprint density at radius 3 is 2.36 bits per heavy atom. The molecule has 10 nitrogen and oxygen atoms in total. The number of aliphatic hydroxyl groups is 6. The van der Waals surface area contributed by atoms with E-state index in [0.717, 1.165) is 0 Å². The molecule has 10 heteroatoms. The van der Waals surface area contributed by atoms with Crippen molar-refractivity contribution in [2.24, 2.45) is 0 Å². The zero-order valence-electron chi connectivity index (χ0n) is 12.1. The third kappa shape index (κ3) is 4.83. The highest BCUT2D eigenvalue weighted by molar-refractivity contribution is 5.73. The van der Waals surface area contributed by atoms with Crippen molar-refractivity contribution in [3.05, 3.63) is 0 Å². The fourth-order valence-corrected chi connectivity index (χ4v) is 2.04. The van der Waals surface area contributed by atoms with Crippen LogP contribution in [0.3, 0.4) is 0 Å². The van der Waals surface area contributed by atoms with Crippen LogP contribution in [0, 0.1) is 0 Å². The second kappa shape index (κ2) is 8.70. The molecular formula is C12H23NO9. The van der Waals surface area contributed by atoms with E-state index in [1.165, 1.54) is 6.92 Å². The normalized spacial score (nSPS) is 35.0. The third-order valence-electron chi connectivity index (χ3n) is 3.33. The van der Waals surface area contributed by atoms with Crippen molar-refractivity contribution in [2.45, 2.75) is 49.8 Å². The number of ether oxygens (including phenoxy) is 2. The summed E-state index contributed by atoms with van der Waals surface area (Å²) in [4.78, 5) is 11.0. The first-order valence-corrected chi connectivity index (χ1v) is 6.80. The highest BCUT2D eigenvalue weighted by atomic mass is 16.7. The fourth-order valence-electron chi connectivity index (χ4n) is 2.04. The molecule has 0 aromatic rings. The van der Waals surface area contributed by atoms with Crippen molar-refractivity contribution >= 4 is 5.91 Å². The van der Waals surface area contributed by atoms with Gasteiger partial charge in [0.15, 0.2) is 6.29 Å². The van der Waals surface area contributed by atoms with Gasteiger partial charge in [-0.2, -0.15) is 0 Å². The van der Waals surface area contributed by atoms with Gasteiger partial charge in [0.1, 0.15) is 24.4 Å². The van der Waals surface area contributed by atoms with Crippen LogP contribution < -0.4 is 5.32 Å². The molecule has 1 rings (SSSR count). The first-order valence-electron chi connectivity index (χ1n) is 6.80. The molecule has 0 aromatic carbocycles. The molecule has 2 unspecified atom stereocenters. The van der Waals surface area contributed by atoms with Crippen LogP contribution in [0.5, 0.6) is 0 Å². The number of aliphatic hydroxyl groups excluding tert-OH is 6. The van der Waals surface area contributed by atoms with Crippen LogP contribution in [0.2, 0.25) is 0 Å². The molecular weight excluding hydrogens is 302 g/mol. The molecule has 7 atom stereocenters. The first-order chi connectivity index (χ1) is 10.3. The molecule has 0 bridgehead atoms. The number of carbonyl (C=O) groups is 1. The van der Waals surface area contributed by atoms with Gasteiger partial charge < -0.3 is 45.4 Å². The minimum absolute atomic E-state index is 0.329. The summed E-state index contributed by atoms with van der Waals surface area (Å²) in [6.45, 7) is -0.336. The van der Waals surface area contributed by atoms with E-state index in [2.05, 4.69) is 5.32 Å². The standard InChI is InChI=1S/C12H23NO9/c1-5(16)13-6(7(17)2-14)4-21-12-11(20)10(19)9(18)8(3-15)22-12/h6-12,14-15,17-20H,2-4H2,1H3,(H,13,16)/t6-,7+,8?,9-,10-,11?,12-/m0/s1. The van der Waals surface area contributed by atoms with Crippen LogP contribution in [0.1, 0.15) is 6.92 Å². The van der Waals surface area contributed by atoms with E-state index in [1.807, 2.05) is 0 Å². The fraction of sp³-hybridized carbons (Fsp3) is 0.917. The summed E-state index contributed by atoms with van der Waals surface area (Å²) in [5, 5.41) is 58.9. The van der Waals surface area contributed by atoms with Gasteiger partial charge in [-0.05, 0) is 0 Å². The van der Waals surface area contributed by atoms with E-state index in [0.29, 0.717) is 0 Å². The Morgan fingerprint density at radius 2 is 1.86 bits per heavy atom. The van der Waals surface area contributed by atoms with Crippen molar-refractivity contribution in [1.29, 1.82) is 0 Å². The number of hydrogen-bond acceptors (Lipinski definition) is 9. The molecule has 1 fully saturated rings. The molecule has 0 radical (unpaired) electrons. The molecule has 0 aliphatic carbocycles. The average Bonchev–Trinajstić information content (AvgIpc) is 2.49. The lowest BCUT2D eigenvalue weighted by Crippen LogP contribution is -2.60. The molecule has 0 aromatic heterocycles. The van der Waals surface area contributed by atoms with Gasteiger partial charge >= 0.3 is 0 Å². The second-order valence-corrected chi connectivity index (χ2v) is 5.09. The molecule has 1 heterocycles. The number of rotatable bonds is 7. The molecule has 1 aliphatic rings. The Balaban J connectivity index is 2.64. The largest absolute Gasteiger partial charge is 0.394 e. The Kier molecular flexibility index (Phi) is 7.59. The van der Waals surface area contributed by atoms with Gasteiger partial charge in [0, 0.05) is 6.92 Å². The van der Waals surface area contributed by atoms with Gasteiger partial charge in [-0.1, -0.05) is 0 Å². The lowest BCUT2D eigenvalue weighted by atomic mass is 9.99. The van der Waals surface area contributed by atoms with E-state index >= 15 is 0 Å². The maximum absolute atomic E-state index is 11.0. The number of nitrogens with one attached hydrogen (secondary N) is 1. The Bertz CT molecular complexity index is 353. The summed E-state index contributed by atoms with van der Waals surface area (Å²) >= 11 is 0. The maximum Gasteiger partial charge on any atom is 0.217 e. The van der Waals surface area contributed by atoms with Crippen LogP contribution in [0.25, 0.3) is 0 Å². The van der Waals surface area contributed by atoms with E-state index < -0.39 is 62.0 Å². The molecule has 130 valence electrons. The average molecular weight is 325 g/mol. The Hall–Kier alpha value is -0.850. The highest BCUT2D eigenvalue weighted by Crippen LogP contribution is 2.22. The minimum atomic E-state index is -1.59. The lowest BCUT2D eigenvalue weighted by molar-refractivity contribution is -0.302. The lowest BCUT2D eigenvalue weighted by Gasteiger charge is -2.40. The van der Waals surface area contributed by atoms with E-state index in [1.54, 1.807) is 0 Å². The first kappa shape index (κ1) is 19.2. The molecule has 22 heavy (non-hydrogen) atoms. The summed E-state index contributed by atoms with van der Waals surface area (Å²) in [5.74, 6) is -0.463. The molecule has 0 spiro atoms. The molecule has 1 aliphatic heterocycles. The quantitative estimate of drug-likeness (QED) is 0.244. The summed E-state index contributed by atoms with van der Waals surface area (Å²) < 4.78 is 10.3. The van der Waals surface area contributed by atoms with Gasteiger partial charge in [0.2, 0.25) is 5.91 Å². The SMILES string of the molecule is CC(=O)N[C@@H](CO[C@H]1OC(CO)[C@H](O)[C@H](O)C1O)[C@H](O)CO. The van der Waals surface area contributed by atoms with Crippen LogP contribution in [-0.2, 0) is 14.3 Å². The molecule has 7 N–H and O–H groups in total. The second-order valence-electron chi connectivity index (χ2n) is 5.09. The maximum atomic E-state index is 11.0. The van der Waals surface area contributed by atoms with E-state index in [-0.39, 0.29) is 6.61 Å². The van der Waals surface area contributed by atoms with Gasteiger partial charge in [0.25, 0.3) is 0 Å². The van der Waals surface area contributed by atoms with Crippen LogP contribution in [0.15, 0.2) is 0 Å². The van der Waals surface area contributed by atoms with Crippen molar-refractivity contribution in [2.75, 3.05) is 19.8 Å².